The highest BCUT2D eigenvalue weighted by molar-refractivity contribution is 5.78. The van der Waals surface area contributed by atoms with Crippen LogP contribution in [0.3, 0.4) is 0 Å². The van der Waals surface area contributed by atoms with Gasteiger partial charge in [0.15, 0.2) is 0 Å². The van der Waals surface area contributed by atoms with Crippen molar-refractivity contribution in [2.24, 2.45) is 0 Å². The number of aliphatic carboxylic acids is 1. The molecule has 18 heavy (non-hydrogen) atoms. The molecule has 1 aromatic carbocycles. The zero-order valence-electron chi connectivity index (χ0n) is 11.1. The smallest absolute Gasteiger partial charge is 0.323 e. The Morgan fingerprint density at radius 1 is 1.50 bits per heavy atom. The summed E-state index contributed by atoms with van der Waals surface area (Å²) in [4.78, 5) is 11.3. The zero-order chi connectivity index (χ0) is 13.8. The topological polar surface area (TPSA) is 69.6 Å². The van der Waals surface area contributed by atoms with E-state index in [-0.39, 0.29) is 11.8 Å². The maximum absolute atomic E-state index is 11.3. The minimum absolute atomic E-state index is 0.134. The molecule has 0 aromatic heterocycles. The van der Waals surface area contributed by atoms with Crippen LogP contribution in [0.5, 0.6) is 5.75 Å². The highest BCUT2D eigenvalue weighted by Gasteiger charge is 2.33. The normalized spacial score (nSPS) is 15.9. The molecule has 0 saturated heterocycles. The number of carboxylic acids is 1. The van der Waals surface area contributed by atoms with Crippen molar-refractivity contribution in [2.45, 2.75) is 45.2 Å². The van der Waals surface area contributed by atoms with Gasteiger partial charge in [0.05, 0.1) is 0 Å². The van der Waals surface area contributed by atoms with Crippen LogP contribution in [0.4, 0.5) is 0 Å². The molecule has 2 unspecified atom stereocenters. The Labute approximate surface area is 108 Å². The second-order valence-corrected chi connectivity index (χ2v) is 4.85. The van der Waals surface area contributed by atoms with Crippen molar-refractivity contribution < 1.29 is 15.0 Å². The SMILES string of the molecule is CCCC(C)(NC(C)c1cccc(O)c1)C(=O)O. The number of phenolic OH excluding ortho intramolecular Hbond substituents is 1. The van der Waals surface area contributed by atoms with Gasteiger partial charge < -0.3 is 10.2 Å². The molecule has 1 rings (SSSR count). The number of benzene rings is 1. The van der Waals surface area contributed by atoms with Gasteiger partial charge in [0.2, 0.25) is 0 Å². The van der Waals surface area contributed by atoms with Crippen molar-refractivity contribution in [3.63, 3.8) is 0 Å². The molecule has 0 bridgehead atoms. The van der Waals surface area contributed by atoms with Gasteiger partial charge >= 0.3 is 5.97 Å². The molecule has 3 N–H and O–H groups in total. The maximum atomic E-state index is 11.3. The van der Waals surface area contributed by atoms with Crippen molar-refractivity contribution in [1.82, 2.24) is 5.32 Å². The third-order valence-electron chi connectivity index (χ3n) is 3.13. The lowest BCUT2D eigenvalue weighted by Crippen LogP contribution is -2.50. The Morgan fingerprint density at radius 2 is 2.17 bits per heavy atom. The molecule has 2 atom stereocenters. The number of phenols is 1. The fraction of sp³-hybridized carbons (Fsp3) is 0.500. The van der Waals surface area contributed by atoms with E-state index in [1.54, 1.807) is 25.1 Å². The molecule has 4 nitrogen and oxygen atoms in total. The highest BCUT2D eigenvalue weighted by Crippen LogP contribution is 2.22. The van der Waals surface area contributed by atoms with Gasteiger partial charge in [-0.25, -0.2) is 0 Å². The minimum atomic E-state index is -0.945. The number of rotatable bonds is 6. The molecule has 0 fully saturated rings. The van der Waals surface area contributed by atoms with Crippen molar-refractivity contribution >= 4 is 5.97 Å². The largest absolute Gasteiger partial charge is 0.508 e. The number of hydrogen-bond acceptors (Lipinski definition) is 3. The Bertz CT molecular complexity index is 419. The predicted octanol–water partition coefficient (Wildman–Crippen LogP) is 2.69. The molecule has 0 radical (unpaired) electrons. The number of aromatic hydroxyl groups is 1. The number of carboxylic acid groups (broad SMARTS) is 1. The molecule has 0 saturated carbocycles. The van der Waals surface area contributed by atoms with E-state index >= 15 is 0 Å². The average Bonchev–Trinajstić information content (AvgIpc) is 2.29. The summed E-state index contributed by atoms with van der Waals surface area (Å²) in [5.41, 5.74) is -0.0711. The van der Waals surface area contributed by atoms with Gasteiger partial charge in [-0.3, -0.25) is 10.1 Å². The molecule has 100 valence electrons. The Kier molecular flexibility index (Phi) is 4.73. The van der Waals surface area contributed by atoms with Gasteiger partial charge in [0.1, 0.15) is 11.3 Å². The third-order valence-corrected chi connectivity index (χ3v) is 3.13. The summed E-state index contributed by atoms with van der Waals surface area (Å²) in [6.45, 7) is 5.55. The first kappa shape index (κ1) is 14.5. The first-order chi connectivity index (χ1) is 8.39. The van der Waals surface area contributed by atoms with Crippen molar-refractivity contribution in [2.75, 3.05) is 0 Å². The van der Waals surface area contributed by atoms with Crippen LogP contribution >= 0.6 is 0 Å². The molecular formula is C14H21NO3. The van der Waals surface area contributed by atoms with E-state index in [9.17, 15) is 15.0 Å². The highest BCUT2D eigenvalue weighted by atomic mass is 16.4. The van der Waals surface area contributed by atoms with E-state index in [0.29, 0.717) is 6.42 Å². The van der Waals surface area contributed by atoms with E-state index in [2.05, 4.69) is 5.32 Å². The van der Waals surface area contributed by atoms with E-state index in [0.717, 1.165) is 12.0 Å². The molecule has 0 amide bonds. The van der Waals surface area contributed by atoms with Gasteiger partial charge in [0, 0.05) is 6.04 Å². The summed E-state index contributed by atoms with van der Waals surface area (Å²) < 4.78 is 0. The molecule has 1 aromatic rings. The quantitative estimate of drug-likeness (QED) is 0.727. The van der Waals surface area contributed by atoms with Crippen LogP contribution < -0.4 is 5.32 Å². The van der Waals surface area contributed by atoms with Gasteiger partial charge in [-0.15, -0.1) is 0 Å². The zero-order valence-corrected chi connectivity index (χ0v) is 11.1. The Hall–Kier alpha value is -1.55. The summed E-state index contributed by atoms with van der Waals surface area (Å²) in [5.74, 6) is -0.662. The lowest BCUT2D eigenvalue weighted by molar-refractivity contribution is -0.144. The van der Waals surface area contributed by atoms with Gasteiger partial charge in [-0.05, 0) is 38.0 Å². The first-order valence-corrected chi connectivity index (χ1v) is 6.19. The second-order valence-electron chi connectivity index (χ2n) is 4.85. The van der Waals surface area contributed by atoms with Crippen molar-refractivity contribution in [3.8, 4) is 5.75 Å². The van der Waals surface area contributed by atoms with Crippen LogP contribution in [0.2, 0.25) is 0 Å². The first-order valence-electron chi connectivity index (χ1n) is 6.19. The number of nitrogens with one attached hydrogen (secondary N) is 1. The van der Waals surface area contributed by atoms with Crippen molar-refractivity contribution in [1.29, 1.82) is 0 Å². The lowest BCUT2D eigenvalue weighted by Gasteiger charge is -2.30. The van der Waals surface area contributed by atoms with Gasteiger partial charge in [-0.1, -0.05) is 25.5 Å². The van der Waals surface area contributed by atoms with Gasteiger partial charge in [0.25, 0.3) is 0 Å². The van der Waals surface area contributed by atoms with Crippen LogP contribution in [-0.4, -0.2) is 21.7 Å². The van der Waals surface area contributed by atoms with E-state index in [4.69, 9.17) is 0 Å². The maximum Gasteiger partial charge on any atom is 0.323 e. The lowest BCUT2D eigenvalue weighted by atomic mass is 9.94. The van der Waals surface area contributed by atoms with E-state index in [1.807, 2.05) is 19.9 Å². The monoisotopic (exact) mass is 251 g/mol. The van der Waals surface area contributed by atoms with Crippen LogP contribution in [0.25, 0.3) is 0 Å². The molecule has 0 aliphatic rings. The van der Waals surface area contributed by atoms with Crippen LogP contribution in [0.1, 0.15) is 45.2 Å². The molecule has 0 aliphatic carbocycles. The summed E-state index contributed by atoms with van der Waals surface area (Å²) >= 11 is 0. The standard InChI is InChI=1S/C14H21NO3/c1-4-8-14(3,13(17)18)15-10(2)11-6-5-7-12(16)9-11/h5-7,9-10,15-16H,4,8H2,1-3H3,(H,17,18). The molecule has 0 spiro atoms. The molecule has 0 aliphatic heterocycles. The van der Waals surface area contributed by atoms with Crippen LogP contribution in [0.15, 0.2) is 24.3 Å². The Balaban J connectivity index is 2.85. The summed E-state index contributed by atoms with van der Waals surface area (Å²) in [5, 5.41) is 21.9. The summed E-state index contributed by atoms with van der Waals surface area (Å²) in [6, 6.07) is 6.72. The summed E-state index contributed by atoms with van der Waals surface area (Å²) in [7, 11) is 0. The predicted molar refractivity (Wildman–Crippen MR) is 70.6 cm³/mol. The van der Waals surface area contributed by atoms with Crippen LogP contribution in [0, 0.1) is 0 Å². The van der Waals surface area contributed by atoms with Crippen molar-refractivity contribution in [3.05, 3.63) is 29.8 Å². The minimum Gasteiger partial charge on any atom is -0.508 e. The molecular weight excluding hydrogens is 230 g/mol. The third kappa shape index (κ3) is 3.47. The number of hydrogen-bond donors (Lipinski definition) is 3. The van der Waals surface area contributed by atoms with E-state index < -0.39 is 11.5 Å². The fourth-order valence-corrected chi connectivity index (χ4v) is 2.10. The number of carbonyl (C=O) groups is 1. The Morgan fingerprint density at radius 3 is 2.67 bits per heavy atom. The fourth-order valence-electron chi connectivity index (χ4n) is 2.10. The van der Waals surface area contributed by atoms with Crippen LogP contribution in [-0.2, 0) is 4.79 Å². The molecule has 0 heterocycles. The summed E-state index contributed by atoms with van der Waals surface area (Å²) in [6.07, 6.45) is 1.36. The molecule has 4 heteroatoms. The van der Waals surface area contributed by atoms with E-state index in [1.165, 1.54) is 0 Å². The second kappa shape index (κ2) is 5.87. The van der Waals surface area contributed by atoms with Gasteiger partial charge in [-0.2, -0.15) is 0 Å². The average molecular weight is 251 g/mol.